The van der Waals surface area contributed by atoms with E-state index in [-0.39, 0.29) is 13.0 Å². The Morgan fingerprint density at radius 1 is 0.922 bits per heavy atom. The lowest BCUT2D eigenvalue weighted by atomic mass is 9.97. The first-order valence-corrected chi connectivity index (χ1v) is 15.7. The molecule has 1 N–H and O–H groups in total. The number of carbonyl (C=O) groups excluding carboxylic acids is 1. The Labute approximate surface area is 288 Å². The van der Waals surface area contributed by atoms with Gasteiger partial charge in [-0.25, -0.2) is 9.78 Å². The van der Waals surface area contributed by atoms with Gasteiger partial charge in [-0.2, -0.15) is 26.3 Å². The molecule has 2 aromatic carbocycles. The van der Waals surface area contributed by atoms with E-state index in [0.717, 1.165) is 5.56 Å². The lowest BCUT2D eigenvalue weighted by Gasteiger charge is -2.31. The summed E-state index contributed by atoms with van der Waals surface area (Å²) in [5.74, 6) is -2.78. The van der Waals surface area contributed by atoms with Gasteiger partial charge in [-0.15, -0.1) is 10.2 Å². The summed E-state index contributed by atoms with van der Waals surface area (Å²) in [7, 11) is 0. The number of rotatable bonds is 7. The Morgan fingerprint density at radius 3 is 2.18 bits per heavy atom. The van der Waals surface area contributed by atoms with Crippen LogP contribution in [0.15, 0.2) is 83.3 Å². The van der Waals surface area contributed by atoms with Crippen LogP contribution < -0.4 is 10.1 Å². The molecule has 51 heavy (non-hydrogen) atoms. The van der Waals surface area contributed by atoms with E-state index in [4.69, 9.17) is 23.4 Å². The molecule has 10 nitrogen and oxygen atoms in total. The van der Waals surface area contributed by atoms with E-state index in [9.17, 15) is 18.0 Å². The first-order chi connectivity index (χ1) is 24.0. The van der Waals surface area contributed by atoms with Crippen LogP contribution >= 0.6 is 0 Å². The van der Waals surface area contributed by atoms with Crippen molar-refractivity contribution in [2.75, 3.05) is 11.9 Å². The van der Waals surface area contributed by atoms with Gasteiger partial charge in [-0.3, -0.25) is 5.32 Å². The molecule has 0 fully saturated rings. The van der Waals surface area contributed by atoms with Gasteiger partial charge in [0.2, 0.25) is 11.5 Å². The number of halogens is 6. The van der Waals surface area contributed by atoms with Crippen LogP contribution in [0.25, 0.3) is 11.6 Å². The number of pyridine rings is 1. The van der Waals surface area contributed by atoms with Gasteiger partial charge in [0.15, 0.2) is 5.69 Å². The summed E-state index contributed by atoms with van der Waals surface area (Å²) in [4.78, 5) is 16.7. The Hall–Kier alpha value is -4.96. The third kappa shape index (κ3) is 9.43. The molecular weight excluding hydrogens is 686 g/mol. The fourth-order valence-corrected chi connectivity index (χ4v) is 4.91. The van der Waals surface area contributed by atoms with E-state index in [1.54, 1.807) is 60.7 Å². The molecular formula is C35H34F6N4O6. The smallest absolute Gasteiger partial charge is 0.426 e. The number of nitrogens with zero attached hydrogens (tertiary/aromatic N) is 3. The van der Waals surface area contributed by atoms with Crippen LogP contribution in [-0.2, 0) is 39.2 Å². The topological polar surface area (TPSA) is 118 Å². The quantitative estimate of drug-likeness (QED) is 0.148. The SMILES string of the molecule is CC(C)(C)OC(=O)Nc1cc(C(F)(F)F)c2nc1-c1nnc(o1)C(OCc1ccccc1)(C(F)(F)F)C/C=C/CC(OCc1ccccc1)CO2. The minimum absolute atomic E-state index is 0.0282. The molecule has 1 aliphatic rings. The summed E-state index contributed by atoms with van der Waals surface area (Å²) in [6.45, 7) is 3.59. The molecule has 2 unspecified atom stereocenters. The molecule has 5 rings (SSSR count). The Balaban J connectivity index is 1.64. The van der Waals surface area contributed by atoms with Crippen molar-refractivity contribution in [2.45, 2.75) is 76.5 Å². The monoisotopic (exact) mass is 720 g/mol. The molecule has 4 bridgehead atoms. The van der Waals surface area contributed by atoms with E-state index in [0.29, 0.717) is 11.6 Å². The van der Waals surface area contributed by atoms with Crippen LogP contribution in [0.3, 0.4) is 0 Å². The molecule has 3 heterocycles. The first-order valence-electron chi connectivity index (χ1n) is 15.7. The molecule has 0 radical (unpaired) electrons. The molecule has 0 saturated heterocycles. The van der Waals surface area contributed by atoms with Crippen LogP contribution in [-0.4, -0.2) is 45.8 Å². The second kappa shape index (κ2) is 15.1. The minimum atomic E-state index is -5.14. The Kier molecular flexibility index (Phi) is 11.0. The predicted molar refractivity (Wildman–Crippen MR) is 170 cm³/mol. The van der Waals surface area contributed by atoms with Crippen molar-refractivity contribution in [3.8, 4) is 17.5 Å². The third-order valence-corrected chi connectivity index (χ3v) is 7.39. The minimum Gasteiger partial charge on any atom is -0.474 e. The number of nitrogens with one attached hydrogen (secondary N) is 1. The van der Waals surface area contributed by atoms with E-state index >= 15 is 13.2 Å². The molecule has 1 aliphatic heterocycles. The van der Waals surface area contributed by atoms with Crippen LogP contribution in [0.4, 0.5) is 36.8 Å². The molecule has 0 saturated carbocycles. The fraction of sp³-hybridized carbons (Fsp3) is 0.371. The second-order valence-corrected chi connectivity index (χ2v) is 12.5. The summed E-state index contributed by atoms with van der Waals surface area (Å²) >= 11 is 0. The standard InChI is InChI=1S/C35H34F6N4O6/c1-32(2,3)51-31(46)42-26-18-25(34(36,37)38)28-43-27(26)29-44-45-30(50-29)33(35(39,40)41,49-20-23-14-8-5-9-15-23)17-11-10-16-24(21-48-28)47-19-22-12-6-4-7-13-22/h4-15,18,24H,16-17,19-21H2,1-3H3,(H,42,46)/b11-10+. The highest BCUT2D eigenvalue weighted by Gasteiger charge is 2.61. The summed E-state index contributed by atoms with van der Waals surface area (Å²) in [6, 6.07) is 17.4. The van der Waals surface area contributed by atoms with Crippen molar-refractivity contribution in [2.24, 2.45) is 0 Å². The maximum Gasteiger partial charge on any atom is 0.426 e. The van der Waals surface area contributed by atoms with Gasteiger partial charge >= 0.3 is 18.4 Å². The molecule has 0 aliphatic carbocycles. The van der Waals surface area contributed by atoms with Gasteiger partial charge in [0.1, 0.15) is 17.8 Å². The molecule has 2 atom stereocenters. The number of ether oxygens (including phenoxy) is 4. The van der Waals surface area contributed by atoms with Crippen molar-refractivity contribution in [1.29, 1.82) is 0 Å². The molecule has 0 spiro atoms. The van der Waals surface area contributed by atoms with Crippen LogP contribution in [0.1, 0.15) is 56.2 Å². The fourth-order valence-electron chi connectivity index (χ4n) is 4.91. The zero-order valence-corrected chi connectivity index (χ0v) is 27.7. The average molecular weight is 721 g/mol. The van der Waals surface area contributed by atoms with Crippen molar-refractivity contribution in [1.82, 2.24) is 15.2 Å². The highest BCUT2D eigenvalue weighted by Crippen LogP contribution is 2.47. The van der Waals surface area contributed by atoms with E-state index < -0.39 is 90.0 Å². The number of benzene rings is 2. The van der Waals surface area contributed by atoms with Crippen molar-refractivity contribution < 1.29 is 54.5 Å². The van der Waals surface area contributed by atoms with Crippen molar-refractivity contribution in [3.63, 3.8) is 0 Å². The largest absolute Gasteiger partial charge is 0.474 e. The summed E-state index contributed by atoms with van der Waals surface area (Å²) in [6.07, 6.45) is -10.6. The number of anilines is 1. The second-order valence-electron chi connectivity index (χ2n) is 12.5. The number of aromatic nitrogens is 3. The molecule has 2 aromatic heterocycles. The van der Waals surface area contributed by atoms with Gasteiger partial charge in [0, 0.05) is 6.42 Å². The lowest BCUT2D eigenvalue weighted by molar-refractivity contribution is -0.295. The van der Waals surface area contributed by atoms with Crippen LogP contribution in [0.2, 0.25) is 0 Å². The van der Waals surface area contributed by atoms with Gasteiger partial charge in [-0.1, -0.05) is 72.8 Å². The average Bonchev–Trinajstić information content (AvgIpc) is 3.54. The highest BCUT2D eigenvalue weighted by atomic mass is 19.4. The van der Waals surface area contributed by atoms with Gasteiger partial charge < -0.3 is 23.4 Å². The molecule has 1 amide bonds. The lowest BCUT2D eigenvalue weighted by Crippen LogP contribution is -2.45. The Morgan fingerprint density at radius 2 is 1.57 bits per heavy atom. The molecule has 4 aromatic rings. The maximum absolute atomic E-state index is 15.2. The number of fused-ring (bicyclic) bond motifs is 5. The predicted octanol–water partition coefficient (Wildman–Crippen LogP) is 8.79. The number of carbonyl (C=O) groups is 1. The number of amides is 1. The third-order valence-electron chi connectivity index (χ3n) is 7.39. The summed E-state index contributed by atoms with van der Waals surface area (Å²) in [5, 5.41) is 9.55. The normalized spacial score (nSPS) is 19.0. The van der Waals surface area contributed by atoms with E-state index in [1.165, 1.54) is 32.9 Å². The van der Waals surface area contributed by atoms with E-state index in [2.05, 4.69) is 20.5 Å². The summed E-state index contributed by atoms with van der Waals surface area (Å²) < 4.78 is 117. The number of hydrogen-bond acceptors (Lipinski definition) is 9. The number of hydrogen-bond donors (Lipinski definition) is 1. The molecule has 16 heteroatoms. The van der Waals surface area contributed by atoms with Crippen LogP contribution in [0, 0.1) is 0 Å². The number of alkyl halides is 6. The van der Waals surface area contributed by atoms with Gasteiger partial charge in [0.05, 0.1) is 25.0 Å². The van der Waals surface area contributed by atoms with Gasteiger partial charge in [-0.05, 0) is 44.4 Å². The van der Waals surface area contributed by atoms with E-state index in [1.807, 2.05) is 0 Å². The maximum atomic E-state index is 15.2. The zero-order chi connectivity index (χ0) is 36.9. The van der Waals surface area contributed by atoms with Crippen LogP contribution in [0.5, 0.6) is 5.88 Å². The van der Waals surface area contributed by atoms with Crippen molar-refractivity contribution in [3.05, 3.63) is 101 Å². The Bertz CT molecular complexity index is 1810. The van der Waals surface area contributed by atoms with Crippen molar-refractivity contribution >= 4 is 11.8 Å². The molecule has 272 valence electrons. The first kappa shape index (κ1) is 37.3. The van der Waals surface area contributed by atoms with Gasteiger partial charge in [0.25, 0.3) is 11.8 Å². The highest BCUT2D eigenvalue weighted by molar-refractivity contribution is 5.89. The zero-order valence-electron chi connectivity index (χ0n) is 27.7. The summed E-state index contributed by atoms with van der Waals surface area (Å²) in [5.41, 5.74) is -5.79.